The van der Waals surface area contributed by atoms with Crippen LogP contribution >= 0.6 is 11.3 Å². The summed E-state index contributed by atoms with van der Waals surface area (Å²) in [6.45, 7) is 7.90. The molecule has 1 N–H and O–H groups in total. The summed E-state index contributed by atoms with van der Waals surface area (Å²) < 4.78 is 1.35. The number of aliphatic hydroxyl groups excluding tert-OH is 1. The molecule has 0 unspecified atom stereocenters. The van der Waals surface area contributed by atoms with E-state index in [9.17, 15) is 4.79 Å². The third-order valence-corrected chi connectivity index (χ3v) is 4.05. The molecule has 18 heavy (non-hydrogen) atoms. The van der Waals surface area contributed by atoms with Crippen molar-refractivity contribution in [1.82, 2.24) is 14.6 Å². The lowest BCUT2D eigenvalue weighted by Crippen LogP contribution is -2.23. The molecule has 2 aromatic rings. The number of aryl methyl sites for hydroxylation is 1. The first-order valence-electron chi connectivity index (χ1n) is 5.85. The fraction of sp³-hybridized carbons (Fsp3) is 0.583. The lowest BCUT2D eigenvalue weighted by Gasteiger charge is -2.12. The van der Waals surface area contributed by atoms with Gasteiger partial charge in [0.25, 0.3) is 5.56 Å². The Balaban J connectivity index is 2.71. The van der Waals surface area contributed by atoms with Gasteiger partial charge in [0, 0.05) is 29.7 Å². The average Bonchev–Trinajstić information content (AvgIpc) is 2.67. The first kappa shape index (κ1) is 13.2. The molecule has 2 heterocycles. The molecule has 2 rings (SSSR count). The highest BCUT2D eigenvalue weighted by Gasteiger charge is 2.21. The molecule has 0 bridgehead atoms. The van der Waals surface area contributed by atoms with Gasteiger partial charge in [-0.1, -0.05) is 32.1 Å². The maximum absolute atomic E-state index is 12.2. The van der Waals surface area contributed by atoms with Crippen LogP contribution in [0.1, 0.15) is 37.0 Å². The number of nitrogens with zero attached hydrogens (tertiary/aromatic N) is 3. The van der Waals surface area contributed by atoms with Crippen molar-refractivity contribution in [1.29, 1.82) is 0 Å². The van der Waals surface area contributed by atoms with E-state index in [1.54, 1.807) is 6.92 Å². The second-order valence-corrected chi connectivity index (χ2v) is 6.26. The van der Waals surface area contributed by atoms with Gasteiger partial charge in [0.1, 0.15) is 5.01 Å². The normalized spacial score (nSPS) is 12.3. The monoisotopic (exact) mass is 267 g/mol. The van der Waals surface area contributed by atoms with Crippen LogP contribution in [0.15, 0.2) is 4.79 Å². The molecule has 0 aromatic carbocycles. The molecule has 5 nitrogen and oxygen atoms in total. The highest BCUT2D eigenvalue weighted by Crippen LogP contribution is 2.26. The van der Waals surface area contributed by atoms with Gasteiger partial charge in [0.2, 0.25) is 4.96 Å². The van der Waals surface area contributed by atoms with Crippen molar-refractivity contribution in [2.24, 2.45) is 0 Å². The quantitative estimate of drug-likeness (QED) is 0.890. The molecular weight excluding hydrogens is 250 g/mol. The van der Waals surface area contributed by atoms with Crippen LogP contribution in [-0.2, 0) is 11.8 Å². The van der Waals surface area contributed by atoms with E-state index < -0.39 is 0 Å². The van der Waals surface area contributed by atoms with Crippen molar-refractivity contribution in [3.8, 4) is 0 Å². The Morgan fingerprint density at radius 3 is 2.61 bits per heavy atom. The summed E-state index contributed by atoms with van der Waals surface area (Å²) in [4.78, 5) is 17.2. The summed E-state index contributed by atoms with van der Waals surface area (Å²) in [5.74, 6) is 0. The summed E-state index contributed by atoms with van der Waals surface area (Å²) in [5, 5.41) is 14.2. The van der Waals surface area contributed by atoms with Gasteiger partial charge in [-0.15, -0.1) is 0 Å². The fourth-order valence-electron chi connectivity index (χ4n) is 1.68. The third kappa shape index (κ3) is 2.18. The first-order chi connectivity index (χ1) is 8.34. The van der Waals surface area contributed by atoms with Gasteiger partial charge in [-0.2, -0.15) is 9.61 Å². The van der Waals surface area contributed by atoms with Gasteiger partial charge in [0.05, 0.1) is 0 Å². The molecule has 2 aromatic heterocycles. The molecule has 0 aliphatic carbocycles. The molecular formula is C12H17N3O2S. The minimum atomic E-state index is -0.168. The first-order valence-corrected chi connectivity index (χ1v) is 6.67. The van der Waals surface area contributed by atoms with Gasteiger partial charge in [-0.3, -0.25) is 4.79 Å². The van der Waals surface area contributed by atoms with Crippen LogP contribution in [0.5, 0.6) is 0 Å². The predicted octanol–water partition coefficient (Wildman–Crippen LogP) is 1.29. The molecule has 0 saturated carbocycles. The van der Waals surface area contributed by atoms with E-state index in [1.165, 1.54) is 15.9 Å². The van der Waals surface area contributed by atoms with Crippen molar-refractivity contribution in [3.05, 3.63) is 26.6 Å². The largest absolute Gasteiger partial charge is 0.396 e. The molecule has 98 valence electrons. The Morgan fingerprint density at radius 2 is 2.06 bits per heavy atom. The van der Waals surface area contributed by atoms with Crippen LogP contribution in [0.4, 0.5) is 0 Å². The van der Waals surface area contributed by atoms with E-state index >= 15 is 0 Å². The van der Waals surface area contributed by atoms with E-state index in [0.717, 1.165) is 5.01 Å². The van der Waals surface area contributed by atoms with E-state index in [2.05, 4.69) is 30.9 Å². The van der Waals surface area contributed by atoms with Gasteiger partial charge < -0.3 is 5.11 Å². The maximum Gasteiger partial charge on any atom is 0.278 e. The van der Waals surface area contributed by atoms with Crippen LogP contribution in [0.2, 0.25) is 0 Å². The molecule has 0 spiro atoms. The fourth-order valence-corrected chi connectivity index (χ4v) is 2.68. The van der Waals surface area contributed by atoms with E-state index in [0.29, 0.717) is 22.6 Å². The summed E-state index contributed by atoms with van der Waals surface area (Å²) in [5.41, 5.74) is 0.952. The smallest absolute Gasteiger partial charge is 0.278 e. The lowest BCUT2D eigenvalue weighted by molar-refractivity contribution is 0.298. The van der Waals surface area contributed by atoms with Crippen molar-refractivity contribution >= 4 is 16.3 Å². The maximum atomic E-state index is 12.2. The minimum Gasteiger partial charge on any atom is -0.396 e. The molecule has 0 saturated heterocycles. The lowest BCUT2D eigenvalue weighted by atomic mass is 9.98. The zero-order valence-corrected chi connectivity index (χ0v) is 11.8. The van der Waals surface area contributed by atoms with E-state index in [4.69, 9.17) is 5.11 Å². The number of hydrogen-bond donors (Lipinski definition) is 1. The number of aromatic nitrogens is 3. The van der Waals surface area contributed by atoms with Crippen LogP contribution in [0.3, 0.4) is 0 Å². The molecule has 0 atom stereocenters. The molecule has 0 fully saturated rings. The standard InChI is InChI=1S/C12H17N3O2S/c1-7-8(5-6-16)9(17)15-11(13-7)18-10(14-15)12(2,3)4/h16H,5-6H2,1-4H3. The number of aliphatic hydroxyl groups is 1. The number of fused-ring (bicyclic) bond motifs is 1. The summed E-state index contributed by atoms with van der Waals surface area (Å²) in [6, 6.07) is 0. The molecule has 0 aliphatic rings. The second-order valence-electron chi connectivity index (χ2n) is 5.31. The molecule has 0 amide bonds. The molecule has 0 aliphatic heterocycles. The van der Waals surface area contributed by atoms with Crippen molar-refractivity contribution in [3.63, 3.8) is 0 Å². The average molecular weight is 267 g/mol. The topological polar surface area (TPSA) is 67.5 Å². The third-order valence-electron chi connectivity index (χ3n) is 2.71. The van der Waals surface area contributed by atoms with Crippen molar-refractivity contribution in [2.75, 3.05) is 6.61 Å². The zero-order chi connectivity index (χ0) is 13.5. The summed E-state index contributed by atoms with van der Waals surface area (Å²) in [6.07, 6.45) is 0.322. The van der Waals surface area contributed by atoms with Gasteiger partial charge in [0.15, 0.2) is 0 Å². The van der Waals surface area contributed by atoms with Crippen LogP contribution < -0.4 is 5.56 Å². The van der Waals surface area contributed by atoms with Crippen molar-refractivity contribution < 1.29 is 5.11 Å². The minimum absolute atomic E-state index is 0.0555. The Hall–Kier alpha value is -1.27. The Bertz CT molecular complexity index is 637. The van der Waals surface area contributed by atoms with Crippen LogP contribution in [0.25, 0.3) is 4.96 Å². The van der Waals surface area contributed by atoms with E-state index in [-0.39, 0.29) is 17.6 Å². The molecule has 0 radical (unpaired) electrons. The van der Waals surface area contributed by atoms with Crippen molar-refractivity contribution in [2.45, 2.75) is 39.5 Å². The molecule has 6 heteroatoms. The predicted molar refractivity (Wildman–Crippen MR) is 71.4 cm³/mol. The zero-order valence-electron chi connectivity index (χ0n) is 11.0. The highest BCUT2D eigenvalue weighted by molar-refractivity contribution is 7.16. The van der Waals surface area contributed by atoms with Gasteiger partial charge in [-0.25, -0.2) is 4.98 Å². The highest BCUT2D eigenvalue weighted by atomic mass is 32.1. The Kier molecular flexibility index (Phi) is 3.25. The Morgan fingerprint density at radius 1 is 1.39 bits per heavy atom. The van der Waals surface area contributed by atoms with E-state index in [1.807, 2.05) is 0 Å². The van der Waals surface area contributed by atoms with Gasteiger partial charge in [-0.05, 0) is 6.92 Å². The Labute approximate surface area is 109 Å². The van der Waals surface area contributed by atoms with Crippen LogP contribution in [0, 0.1) is 6.92 Å². The number of hydrogen-bond acceptors (Lipinski definition) is 5. The van der Waals surface area contributed by atoms with Gasteiger partial charge >= 0.3 is 0 Å². The second kappa shape index (κ2) is 4.44. The van der Waals surface area contributed by atoms with Crippen LogP contribution in [-0.4, -0.2) is 26.3 Å². The summed E-state index contributed by atoms with van der Waals surface area (Å²) in [7, 11) is 0. The number of rotatable bonds is 2. The summed E-state index contributed by atoms with van der Waals surface area (Å²) >= 11 is 1.44. The SMILES string of the molecule is Cc1nc2sc(C(C)(C)C)nn2c(=O)c1CCO.